The summed E-state index contributed by atoms with van der Waals surface area (Å²) < 4.78 is 18.8. The molecule has 1 fully saturated rings. The molecular weight excluding hydrogens is 431 g/mol. The van der Waals surface area contributed by atoms with Crippen LogP contribution in [0.15, 0.2) is 66.7 Å². The molecule has 2 heterocycles. The maximum atomic E-state index is 13.4. The van der Waals surface area contributed by atoms with Gasteiger partial charge in [0.15, 0.2) is 0 Å². The summed E-state index contributed by atoms with van der Waals surface area (Å²) in [6.07, 6.45) is 0.770. The number of likely N-dealkylation sites (tertiary alicyclic amines) is 1. The van der Waals surface area contributed by atoms with Crippen molar-refractivity contribution in [2.75, 3.05) is 25.6 Å². The van der Waals surface area contributed by atoms with Gasteiger partial charge in [-0.25, -0.2) is 4.39 Å². The summed E-state index contributed by atoms with van der Waals surface area (Å²) in [5, 5.41) is 13.4. The van der Waals surface area contributed by atoms with E-state index >= 15 is 0 Å². The first kappa shape index (κ1) is 22.0. The van der Waals surface area contributed by atoms with Crippen LogP contribution in [-0.2, 0) is 0 Å². The second-order valence-electron chi connectivity index (χ2n) is 8.59. The number of hydrogen-bond donors (Lipinski definition) is 2. The van der Waals surface area contributed by atoms with Gasteiger partial charge in [0.05, 0.1) is 31.4 Å². The zero-order chi connectivity index (χ0) is 23.7. The summed E-state index contributed by atoms with van der Waals surface area (Å²) in [4.78, 5) is 15.2. The Morgan fingerprint density at radius 3 is 2.71 bits per heavy atom. The number of para-hydroxylation sites is 1. The van der Waals surface area contributed by atoms with Gasteiger partial charge >= 0.3 is 0 Å². The Labute approximate surface area is 198 Å². The number of anilines is 1. The number of carbonyl (C=O) groups excluding carboxylic acids is 1. The SMILES string of the molecule is COc1ccccc1C#Cc1ccc2c(c1)[C@@H]1[C@@H](CCN1C(=O)c1ccc(F)cc1)[C@H](CO)N2. The summed E-state index contributed by atoms with van der Waals surface area (Å²) >= 11 is 0. The van der Waals surface area contributed by atoms with Crippen molar-refractivity contribution in [2.24, 2.45) is 5.92 Å². The predicted molar refractivity (Wildman–Crippen MR) is 128 cm³/mol. The molecule has 172 valence electrons. The van der Waals surface area contributed by atoms with Crippen molar-refractivity contribution in [2.45, 2.75) is 18.5 Å². The summed E-state index contributed by atoms with van der Waals surface area (Å²) in [5.41, 5.74) is 3.95. The second-order valence-corrected chi connectivity index (χ2v) is 8.59. The second kappa shape index (κ2) is 9.20. The van der Waals surface area contributed by atoms with Gasteiger partial charge < -0.3 is 20.1 Å². The van der Waals surface area contributed by atoms with Gasteiger partial charge in [0, 0.05) is 29.3 Å². The Morgan fingerprint density at radius 1 is 1.15 bits per heavy atom. The lowest BCUT2D eigenvalue weighted by molar-refractivity contribution is 0.0701. The third-order valence-electron chi connectivity index (χ3n) is 6.67. The maximum Gasteiger partial charge on any atom is 0.254 e. The number of benzene rings is 3. The quantitative estimate of drug-likeness (QED) is 0.580. The molecule has 3 atom stereocenters. The van der Waals surface area contributed by atoms with Gasteiger partial charge in [-0.1, -0.05) is 24.0 Å². The van der Waals surface area contributed by atoms with Crippen molar-refractivity contribution in [1.82, 2.24) is 4.90 Å². The van der Waals surface area contributed by atoms with Crippen LogP contribution in [0.3, 0.4) is 0 Å². The molecule has 5 rings (SSSR count). The van der Waals surface area contributed by atoms with Crippen molar-refractivity contribution in [3.63, 3.8) is 0 Å². The Hall–Kier alpha value is -3.82. The van der Waals surface area contributed by atoms with Crippen LogP contribution in [0.25, 0.3) is 0 Å². The van der Waals surface area contributed by atoms with Gasteiger partial charge in [0.25, 0.3) is 5.91 Å². The number of nitrogens with one attached hydrogen (secondary N) is 1. The first-order valence-electron chi connectivity index (χ1n) is 11.3. The van der Waals surface area contributed by atoms with E-state index in [1.54, 1.807) is 7.11 Å². The molecule has 1 amide bonds. The van der Waals surface area contributed by atoms with E-state index in [0.717, 1.165) is 28.8 Å². The van der Waals surface area contributed by atoms with E-state index in [9.17, 15) is 14.3 Å². The minimum Gasteiger partial charge on any atom is -0.495 e. The molecule has 2 N–H and O–H groups in total. The summed E-state index contributed by atoms with van der Waals surface area (Å²) in [7, 11) is 1.62. The average Bonchev–Trinajstić information content (AvgIpc) is 3.33. The molecule has 0 aliphatic carbocycles. The lowest BCUT2D eigenvalue weighted by Gasteiger charge is -2.39. The molecule has 3 aromatic carbocycles. The van der Waals surface area contributed by atoms with Crippen LogP contribution >= 0.6 is 0 Å². The molecule has 0 aromatic heterocycles. The molecule has 0 saturated carbocycles. The van der Waals surface area contributed by atoms with E-state index in [4.69, 9.17) is 4.74 Å². The van der Waals surface area contributed by atoms with Crippen LogP contribution in [0.2, 0.25) is 0 Å². The Morgan fingerprint density at radius 2 is 1.94 bits per heavy atom. The minimum atomic E-state index is -0.373. The van der Waals surface area contributed by atoms with Crippen LogP contribution in [0.1, 0.15) is 39.5 Å². The number of ether oxygens (including phenoxy) is 1. The molecule has 0 unspecified atom stereocenters. The fourth-order valence-electron chi connectivity index (χ4n) is 5.01. The van der Waals surface area contributed by atoms with Crippen LogP contribution in [0.4, 0.5) is 10.1 Å². The average molecular weight is 457 g/mol. The highest BCUT2D eigenvalue weighted by molar-refractivity contribution is 5.95. The van der Waals surface area contributed by atoms with E-state index < -0.39 is 0 Å². The number of halogens is 1. The Balaban J connectivity index is 1.52. The van der Waals surface area contributed by atoms with Crippen LogP contribution in [0.5, 0.6) is 5.75 Å². The molecule has 2 aliphatic rings. The van der Waals surface area contributed by atoms with E-state index in [1.807, 2.05) is 47.4 Å². The fraction of sp³-hybridized carbons (Fsp3) is 0.250. The minimum absolute atomic E-state index is 0.0193. The monoisotopic (exact) mass is 456 g/mol. The van der Waals surface area contributed by atoms with E-state index in [-0.39, 0.29) is 36.3 Å². The molecule has 0 spiro atoms. The van der Waals surface area contributed by atoms with Crippen molar-refractivity contribution in [3.05, 3.63) is 94.8 Å². The molecule has 5 nitrogen and oxygen atoms in total. The molecule has 0 bridgehead atoms. The number of fused-ring (bicyclic) bond motifs is 3. The van der Waals surface area contributed by atoms with Crippen LogP contribution in [0, 0.1) is 23.6 Å². The summed E-state index contributed by atoms with van der Waals surface area (Å²) in [5.74, 6) is 6.68. The van der Waals surface area contributed by atoms with Crippen molar-refractivity contribution < 1.29 is 19.0 Å². The maximum absolute atomic E-state index is 13.4. The van der Waals surface area contributed by atoms with Gasteiger partial charge in [0.2, 0.25) is 0 Å². The predicted octanol–water partition coefficient (Wildman–Crippen LogP) is 4.22. The van der Waals surface area contributed by atoms with Crippen molar-refractivity contribution >= 4 is 11.6 Å². The van der Waals surface area contributed by atoms with Gasteiger partial charge in [-0.2, -0.15) is 0 Å². The highest BCUT2D eigenvalue weighted by Gasteiger charge is 2.45. The largest absolute Gasteiger partial charge is 0.495 e. The highest BCUT2D eigenvalue weighted by atomic mass is 19.1. The summed E-state index contributed by atoms with van der Waals surface area (Å²) in [6.45, 7) is 0.550. The number of aliphatic hydroxyl groups is 1. The molecule has 2 aliphatic heterocycles. The smallest absolute Gasteiger partial charge is 0.254 e. The molecule has 6 heteroatoms. The molecule has 3 aromatic rings. The van der Waals surface area contributed by atoms with E-state index in [2.05, 4.69) is 17.2 Å². The van der Waals surface area contributed by atoms with Gasteiger partial charge in [0.1, 0.15) is 11.6 Å². The molecule has 0 radical (unpaired) electrons. The highest BCUT2D eigenvalue weighted by Crippen LogP contribution is 2.47. The van der Waals surface area contributed by atoms with E-state index in [1.165, 1.54) is 24.3 Å². The third-order valence-corrected chi connectivity index (χ3v) is 6.67. The zero-order valence-electron chi connectivity index (χ0n) is 18.8. The van der Waals surface area contributed by atoms with Crippen LogP contribution in [-0.4, -0.2) is 42.2 Å². The summed E-state index contributed by atoms with van der Waals surface area (Å²) in [6, 6.07) is 18.8. The molecule has 34 heavy (non-hydrogen) atoms. The molecule has 1 saturated heterocycles. The topological polar surface area (TPSA) is 61.8 Å². The van der Waals surface area contributed by atoms with Gasteiger partial charge in [-0.05, 0) is 66.6 Å². The Kier molecular flexibility index (Phi) is 5.95. The van der Waals surface area contributed by atoms with Gasteiger partial charge in [-0.3, -0.25) is 4.79 Å². The zero-order valence-corrected chi connectivity index (χ0v) is 18.8. The number of rotatable bonds is 3. The molecular formula is C28H25FN2O3. The number of hydrogen-bond acceptors (Lipinski definition) is 4. The van der Waals surface area contributed by atoms with Crippen LogP contribution < -0.4 is 10.1 Å². The first-order valence-corrected chi connectivity index (χ1v) is 11.3. The number of amides is 1. The lowest BCUT2D eigenvalue weighted by atomic mass is 9.82. The Bertz CT molecular complexity index is 1280. The first-order chi connectivity index (χ1) is 16.6. The van der Waals surface area contributed by atoms with Crippen molar-refractivity contribution in [1.29, 1.82) is 0 Å². The standard InChI is InChI=1S/C28H25FN2O3/c1-34-26-5-3-2-4-19(26)8-6-18-7-13-24-23(16-18)27-22(25(17-32)30-24)14-15-31(27)28(33)20-9-11-21(29)12-10-20/h2-5,7,9-13,16,22,25,27,30,32H,14-15,17H2,1H3/t22-,25-,27-/m0/s1. The number of methoxy groups -OCH3 is 1. The normalized spacial score (nSPS) is 20.4. The lowest BCUT2D eigenvalue weighted by Crippen LogP contribution is -2.42. The number of nitrogens with zero attached hydrogens (tertiary/aromatic N) is 1. The number of aliphatic hydroxyl groups excluding tert-OH is 1. The van der Waals surface area contributed by atoms with Gasteiger partial charge in [-0.15, -0.1) is 0 Å². The van der Waals surface area contributed by atoms with E-state index in [0.29, 0.717) is 17.9 Å². The van der Waals surface area contributed by atoms with Crippen molar-refractivity contribution in [3.8, 4) is 17.6 Å². The fourth-order valence-corrected chi connectivity index (χ4v) is 5.01. The number of carbonyl (C=O) groups is 1. The third kappa shape index (κ3) is 4.00.